The Balaban J connectivity index is 1.33. The highest BCUT2D eigenvalue weighted by atomic mass is 16.1. The Morgan fingerprint density at radius 1 is 0.929 bits per heavy atom. The number of carbonyl (C=O) groups excluding carboxylic acids is 1. The maximum Gasteiger partial charge on any atom is 0.255 e. The van der Waals surface area contributed by atoms with Crippen molar-refractivity contribution in [3.05, 3.63) is 107 Å². The molecule has 3 aromatic rings. The van der Waals surface area contributed by atoms with E-state index < -0.39 is 0 Å². The van der Waals surface area contributed by atoms with Gasteiger partial charge in [-0.05, 0) is 47.4 Å². The number of amides is 1. The van der Waals surface area contributed by atoms with Gasteiger partial charge in [0.1, 0.15) is 0 Å². The third-order valence-corrected chi connectivity index (χ3v) is 5.04. The lowest BCUT2D eigenvalue weighted by molar-refractivity contribution is 0.102. The standard InChI is InChI=1S/C25H24N2O/c1-19-7-5-6-10-24(19)26-25(28)23-13-11-20(12-14-23)15-22-17-27(18-22)16-21-8-3-2-4-9-21/h2-15H,16-18H2,1H3,(H,26,28). The van der Waals surface area contributed by atoms with Crippen LogP contribution in [-0.2, 0) is 6.54 Å². The number of carbonyl (C=O) groups is 1. The topological polar surface area (TPSA) is 32.3 Å². The van der Waals surface area contributed by atoms with Crippen molar-refractivity contribution in [2.45, 2.75) is 13.5 Å². The summed E-state index contributed by atoms with van der Waals surface area (Å²) >= 11 is 0. The van der Waals surface area contributed by atoms with E-state index >= 15 is 0 Å². The van der Waals surface area contributed by atoms with E-state index in [1.54, 1.807) is 0 Å². The molecule has 1 saturated heterocycles. The average Bonchev–Trinajstić information content (AvgIpc) is 2.69. The molecule has 3 heteroatoms. The average molecular weight is 368 g/mol. The van der Waals surface area contributed by atoms with Gasteiger partial charge < -0.3 is 5.32 Å². The summed E-state index contributed by atoms with van der Waals surface area (Å²) < 4.78 is 0. The second-order valence-corrected chi connectivity index (χ2v) is 7.32. The second-order valence-electron chi connectivity index (χ2n) is 7.32. The normalized spacial score (nSPS) is 13.7. The smallest absolute Gasteiger partial charge is 0.255 e. The first-order valence-electron chi connectivity index (χ1n) is 9.60. The van der Waals surface area contributed by atoms with Crippen molar-refractivity contribution in [2.75, 3.05) is 18.4 Å². The van der Waals surface area contributed by atoms with Crippen LogP contribution in [0.4, 0.5) is 5.69 Å². The van der Waals surface area contributed by atoms with Crippen LogP contribution in [-0.4, -0.2) is 23.9 Å². The Kier molecular flexibility index (Phi) is 5.36. The number of benzene rings is 3. The maximum absolute atomic E-state index is 12.5. The van der Waals surface area contributed by atoms with Crippen molar-refractivity contribution < 1.29 is 4.79 Å². The molecule has 0 bridgehead atoms. The van der Waals surface area contributed by atoms with Crippen molar-refractivity contribution in [2.24, 2.45) is 0 Å². The first-order chi connectivity index (χ1) is 13.7. The summed E-state index contributed by atoms with van der Waals surface area (Å²) in [5.41, 5.74) is 6.50. The van der Waals surface area contributed by atoms with Crippen LogP contribution in [0.25, 0.3) is 6.08 Å². The molecule has 1 amide bonds. The van der Waals surface area contributed by atoms with E-state index in [9.17, 15) is 4.79 Å². The molecule has 1 aliphatic heterocycles. The lowest BCUT2D eigenvalue weighted by Gasteiger charge is -2.34. The molecule has 0 spiro atoms. The number of para-hydroxylation sites is 1. The van der Waals surface area contributed by atoms with E-state index in [1.807, 2.05) is 55.5 Å². The number of rotatable bonds is 5. The van der Waals surface area contributed by atoms with Gasteiger partial charge in [-0.3, -0.25) is 9.69 Å². The summed E-state index contributed by atoms with van der Waals surface area (Å²) in [7, 11) is 0. The van der Waals surface area contributed by atoms with Gasteiger partial charge in [-0.15, -0.1) is 0 Å². The molecule has 3 nitrogen and oxygen atoms in total. The Morgan fingerprint density at radius 3 is 2.32 bits per heavy atom. The van der Waals surface area contributed by atoms with Crippen LogP contribution in [0.15, 0.2) is 84.4 Å². The fraction of sp³-hybridized carbons (Fsp3) is 0.160. The molecule has 1 N–H and O–H groups in total. The minimum absolute atomic E-state index is 0.0776. The summed E-state index contributed by atoms with van der Waals surface area (Å²) in [5, 5.41) is 2.98. The molecule has 0 aliphatic carbocycles. The zero-order valence-corrected chi connectivity index (χ0v) is 16.1. The summed E-state index contributed by atoms with van der Waals surface area (Å²) in [6.45, 7) is 5.00. The lowest BCUT2D eigenvalue weighted by Crippen LogP contribution is -2.39. The minimum Gasteiger partial charge on any atom is -0.322 e. The van der Waals surface area contributed by atoms with Gasteiger partial charge >= 0.3 is 0 Å². The van der Waals surface area contributed by atoms with Crippen molar-refractivity contribution in [1.29, 1.82) is 0 Å². The van der Waals surface area contributed by atoms with Gasteiger partial charge in [0.15, 0.2) is 0 Å². The van der Waals surface area contributed by atoms with Crippen molar-refractivity contribution >= 4 is 17.7 Å². The Bertz CT molecular complexity index is 983. The summed E-state index contributed by atoms with van der Waals surface area (Å²) in [6, 6.07) is 26.2. The highest BCUT2D eigenvalue weighted by Gasteiger charge is 2.19. The third kappa shape index (κ3) is 4.38. The lowest BCUT2D eigenvalue weighted by atomic mass is 10.0. The number of anilines is 1. The van der Waals surface area contributed by atoms with Crippen LogP contribution in [0.3, 0.4) is 0 Å². The summed E-state index contributed by atoms with van der Waals surface area (Å²) in [5.74, 6) is -0.0776. The largest absolute Gasteiger partial charge is 0.322 e. The molecule has 0 radical (unpaired) electrons. The highest BCUT2D eigenvalue weighted by molar-refractivity contribution is 6.04. The van der Waals surface area contributed by atoms with Gasteiger partial charge in [-0.1, -0.05) is 66.7 Å². The molecule has 4 rings (SSSR count). The van der Waals surface area contributed by atoms with Crippen LogP contribution in [0.2, 0.25) is 0 Å². The van der Waals surface area contributed by atoms with Gasteiger partial charge in [0.2, 0.25) is 0 Å². The third-order valence-electron chi connectivity index (χ3n) is 5.04. The molecule has 0 unspecified atom stereocenters. The Hall–Kier alpha value is -3.17. The van der Waals surface area contributed by atoms with E-state index in [-0.39, 0.29) is 5.91 Å². The van der Waals surface area contributed by atoms with Crippen molar-refractivity contribution in [1.82, 2.24) is 4.90 Å². The van der Waals surface area contributed by atoms with E-state index in [2.05, 4.69) is 46.6 Å². The van der Waals surface area contributed by atoms with Crippen LogP contribution < -0.4 is 5.32 Å². The molecular formula is C25H24N2O. The van der Waals surface area contributed by atoms with Gasteiger partial charge in [-0.25, -0.2) is 0 Å². The highest BCUT2D eigenvalue weighted by Crippen LogP contribution is 2.21. The number of likely N-dealkylation sites (tertiary alicyclic amines) is 1. The molecule has 0 aromatic heterocycles. The SMILES string of the molecule is Cc1ccccc1NC(=O)c1ccc(C=C2CN(Cc3ccccc3)C2)cc1. The molecule has 3 aromatic carbocycles. The zero-order valence-electron chi connectivity index (χ0n) is 16.1. The zero-order chi connectivity index (χ0) is 19.3. The van der Waals surface area contributed by atoms with Crippen molar-refractivity contribution in [3.8, 4) is 0 Å². The molecule has 140 valence electrons. The molecule has 1 aliphatic rings. The number of aryl methyl sites for hydroxylation is 1. The fourth-order valence-corrected chi connectivity index (χ4v) is 3.45. The van der Waals surface area contributed by atoms with E-state index in [1.165, 1.54) is 11.1 Å². The predicted molar refractivity (Wildman–Crippen MR) is 115 cm³/mol. The number of nitrogens with one attached hydrogen (secondary N) is 1. The van der Waals surface area contributed by atoms with Gasteiger partial charge in [-0.2, -0.15) is 0 Å². The van der Waals surface area contributed by atoms with Crippen molar-refractivity contribution in [3.63, 3.8) is 0 Å². The molecule has 0 atom stereocenters. The number of nitrogens with zero attached hydrogens (tertiary/aromatic N) is 1. The van der Waals surface area contributed by atoms with Crippen LogP contribution in [0.5, 0.6) is 0 Å². The van der Waals surface area contributed by atoms with E-state index in [0.29, 0.717) is 5.56 Å². The molecule has 1 fully saturated rings. The number of hydrogen-bond acceptors (Lipinski definition) is 2. The number of hydrogen-bond donors (Lipinski definition) is 1. The predicted octanol–water partition coefficient (Wildman–Crippen LogP) is 5.15. The van der Waals surface area contributed by atoms with Crippen LogP contribution in [0.1, 0.15) is 27.0 Å². The first kappa shape index (κ1) is 18.2. The first-order valence-corrected chi connectivity index (χ1v) is 9.60. The van der Waals surface area contributed by atoms with E-state index in [4.69, 9.17) is 0 Å². The van der Waals surface area contributed by atoms with Gasteiger partial charge in [0.05, 0.1) is 0 Å². The summed E-state index contributed by atoms with van der Waals surface area (Å²) in [4.78, 5) is 14.9. The van der Waals surface area contributed by atoms with Crippen LogP contribution >= 0.6 is 0 Å². The fourth-order valence-electron chi connectivity index (χ4n) is 3.45. The Labute approximate surface area is 166 Å². The molecule has 1 heterocycles. The van der Waals surface area contributed by atoms with Gasteiger partial charge in [0.25, 0.3) is 5.91 Å². The summed E-state index contributed by atoms with van der Waals surface area (Å²) in [6.07, 6.45) is 2.23. The molecule has 28 heavy (non-hydrogen) atoms. The minimum atomic E-state index is -0.0776. The molecule has 0 saturated carbocycles. The van der Waals surface area contributed by atoms with Crippen LogP contribution in [0, 0.1) is 6.92 Å². The molecular weight excluding hydrogens is 344 g/mol. The van der Waals surface area contributed by atoms with E-state index in [0.717, 1.165) is 36.4 Å². The maximum atomic E-state index is 12.5. The van der Waals surface area contributed by atoms with Gasteiger partial charge in [0, 0.05) is 30.9 Å². The quantitative estimate of drug-likeness (QED) is 0.676. The Morgan fingerprint density at radius 2 is 1.61 bits per heavy atom. The monoisotopic (exact) mass is 368 g/mol. The second kappa shape index (κ2) is 8.24.